The number of hydrogen-bond acceptors (Lipinski definition) is 5. The van der Waals surface area contributed by atoms with E-state index < -0.39 is 81.7 Å². The molecule has 1 aliphatic rings. The first kappa shape index (κ1) is 26.1. The Balaban J connectivity index is 1.96. The number of nitrogens with two attached hydrogens (primary N) is 1. The fraction of sp³-hybridized carbons (Fsp3) is 0.304. The third-order valence-electron chi connectivity index (χ3n) is 5.84. The summed E-state index contributed by atoms with van der Waals surface area (Å²) in [6.07, 6.45) is -4.74. The van der Waals surface area contributed by atoms with Gasteiger partial charge in [-0.3, -0.25) is 23.9 Å². The zero-order chi connectivity index (χ0) is 27.2. The minimum absolute atomic E-state index is 0.00461. The molecule has 4 rings (SSSR count). The van der Waals surface area contributed by atoms with Crippen molar-refractivity contribution >= 4 is 28.7 Å². The average Bonchev–Trinajstić information content (AvgIpc) is 3.14. The summed E-state index contributed by atoms with van der Waals surface area (Å²) in [7, 11) is 0. The van der Waals surface area contributed by atoms with Crippen molar-refractivity contribution in [2.45, 2.75) is 38.0 Å². The van der Waals surface area contributed by atoms with Crippen LogP contribution in [0, 0.1) is 17.5 Å². The predicted octanol–water partition coefficient (Wildman–Crippen LogP) is 2.94. The lowest BCUT2D eigenvalue weighted by Gasteiger charge is -2.21. The minimum Gasteiger partial charge on any atom is -0.340 e. The third-order valence-corrected chi connectivity index (χ3v) is 5.84. The summed E-state index contributed by atoms with van der Waals surface area (Å²) in [6.45, 7) is 1.23. The molecule has 37 heavy (non-hydrogen) atoms. The summed E-state index contributed by atoms with van der Waals surface area (Å²) >= 11 is 0. The van der Waals surface area contributed by atoms with Crippen LogP contribution in [0.5, 0.6) is 0 Å². The molecule has 0 aliphatic carbocycles. The molecule has 3 aromatic rings. The highest BCUT2D eigenvalue weighted by Crippen LogP contribution is 2.27. The van der Waals surface area contributed by atoms with Crippen LogP contribution in [-0.4, -0.2) is 46.2 Å². The topological polar surface area (TPSA) is 110 Å². The standard InChI is InChI=1S/C23H19F6N5O3/c1-2-16(23(27,28)29)31-22(37)13-9-34(19-14(25)5-10(24)6-15(19)26)21-12(20(13)36)3-4-17(32-21)33-8-11(30)7-18(33)35/h3-6,9,11,16H,2,7-8,30H2,1H3,(H,31,37)/t11?,16-/m0/s1. The van der Waals surface area contributed by atoms with E-state index in [9.17, 15) is 40.7 Å². The van der Waals surface area contributed by atoms with Gasteiger partial charge in [-0.2, -0.15) is 13.2 Å². The lowest BCUT2D eigenvalue weighted by Crippen LogP contribution is -2.46. The number of anilines is 1. The van der Waals surface area contributed by atoms with Crippen molar-refractivity contribution in [1.82, 2.24) is 14.9 Å². The molecule has 196 valence electrons. The molecule has 0 spiro atoms. The van der Waals surface area contributed by atoms with Crippen LogP contribution >= 0.6 is 0 Å². The summed E-state index contributed by atoms with van der Waals surface area (Å²) in [5.74, 6) is -6.02. The number of carbonyl (C=O) groups excluding carboxylic acids is 2. The van der Waals surface area contributed by atoms with Gasteiger partial charge in [0, 0.05) is 37.3 Å². The van der Waals surface area contributed by atoms with Gasteiger partial charge in [-0.25, -0.2) is 18.2 Å². The Morgan fingerprint density at radius 1 is 1.19 bits per heavy atom. The largest absolute Gasteiger partial charge is 0.408 e. The third kappa shape index (κ3) is 4.88. The number of fused-ring (bicyclic) bond motifs is 1. The number of aromatic nitrogens is 2. The Kier molecular flexibility index (Phi) is 6.71. The van der Waals surface area contributed by atoms with Crippen molar-refractivity contribution in [1.29, 1.82) is 0 Å². The maximum atomic E-state index is 14.8. The fourth-order valence-electron chi connectivity index (χ4n) is 4.05. The predicted molar refractivity (Wildman–Crippen MR) is 120 cm³/mol. The molecule has 3 N–H and O–H groups in total. The van der Waals surface area contributed by atoms with Crippen molar-refractivity contribution in [3.8, 4) is 5.69 Å². The molecule has 2 atom stereocenters. The number of nitrogens with zero attached hydrogens (tertiary/aromatic N) is 3. The van der Waals surface area contributed by atoms with E-state index in [0.717, 1.165) is 13.0 Å². The number of carbonyl (C=O) groups is 2. The molecule has 0 bridgehead atoms. The molecule has 2 aromatic heterocycles. The number of hydrogen-bond donors (Lipinski definition) is 2. The van der Waals surface area contributed by atoms with Crippen LogP contribution in [-0.2, 0) is 4.79 Å². The van der Waals surface area contributed by atoms with E-state index in [-0.39, 0.29) is 18.8 Å². The van der Waals surface area contributed by atoms with Crippen LogP contribution in [0.25, 0.3) is 16.7 Å². The normalized spacial score (nSPS) is 16.9. The van der Waals surface area contributed by atoms with Crippen LogP contribution in [0.3, 0.4) is 0 Å². The van der Waals surface area contributed by atoms with Crippen molar-refractivity contribution in [2.75, 3.05) is 11.4 Å². The Morgan fingerprint density at radius 3 is 2.38 bits per heavy atom. The first-order valence-corrected chi connectivity index (χ1v) is 11.0. The number of nitrogens with one attached hydrogen (secondary N) is 1. The molecule has 0 saturated carbocycles. The van der Waals surface area contributed by atoms with E-state index in [1.54, 1.807) is 5.32 Å². The highest BCUT2D eigenvalue weighted by Gasteiger charge is 2.40. The Bertz CT molecular complexity index is 1450. The molecule has 1 fully saturated rings. The van der Waals surface area contributed by atoms with Crippen LogP contribution in [0.15, 0.2) is 35.3 Å². The monoisotopic (exact) mass is 527 g/mol. The van der Waals surface area contributed by atoms with Gasteiger partial charge < -0.3 is 11.1 Å². The summed E-state index contributed by atoms with van der Waals surface area (Å²) in [5, 5.41) is 1.31. The van der Waals surface area contributed by atoms with E-state index >= 15 is 0 Å². The smallest absolute Gasteiger partial charge is 0.340 e. The van der Waals surface area contributed by atoms with Gasteiger partial charge in [0.15, 0.2) is 17.3 Å². The van der Waals surface area contributed by atoms with Gasteiger partial charge >= 0.3 is 6.18 Å². The van der Waals surface area contributed by atoms with Crippen LogP contribution < -0.4 is 21.4 Å². The molecule has 2 amide bonds. The summed E-state index contributed by atoms with van der Waals surface area (Å²) < 4.78 is 83.3. The SMILES string of the molecule is CC[C@H](NC(=O)c1cn(-c2c(F)cc(F)cc2F)c2nc(N3CC(N)CC3=O)ccc2c1=O)C(F)(F)F. The molecule has 0 radical (unpaired) electrons. The number of benzene rings is 1. The van der Waals surface area contributed by atoms with Gasteiger partial charge in [0.1, 0.15) is 28.9 Å². The zero-order valence-corrected chi connectivity index (χ0v) is 19.1. The van der Waals surface area contributed by atoms with E-state index in [4.69, 9.17) is 5.73 Å². The number of halogens is 6. The number of pyridine rings is 2. The van der Waals surface area contributed by atoms with E-state index in [1.807, 2.05) is 0 Å². The highest BCUT2D eigenvalue weighted by atomic mass is 19.4. The van der Waals surface area contributed by atoms with E-state index in [0.29, 0.717) is 22.9 Å². The number of amides is 2. The number of alkyl halides is 3. The fourth-order valence-corrected chi connectivity index (χ4v) is 4.05. The van der Waals surface area contributed by atoms with Gasteiger partial charge in [-0.1, -0.05) is 6.92 Å². The van der Waals surface area contributed by atoms with Crippen molar-refractivity contribution in [2.24, 2.45) is 5.73 Å². The molecule has 8 nitrogen and oxygen atoms in total. The van der Waals surface area contributed by atoms with Gasteiger partial charge in [-0.05, 0) is 18.6 Å². The molecule has 1 aliphatic heterocycles. The van der Waals surface area contributed by atoms with Crippen molar-refractivity contribution in [3.05, 3.63) is 63.7 Å². The Hall–Kier alpha value is -3.94. The maximum absolute atomic E-state index is 14.8. The van der Waals surface area contributed by atoms with Crippen LogP contribution in [0.2, 0.25) is 0 Å². The van der Waals surface area contributed by atoms with Gasteiger partial charge in [0.25, 0.3) is 5.91 Å². The van der Waals surface area contributed by atoms with Crippen LogP contribution in [0.4, 0.5) is 32.2 Å². The second-order valence-corrected chi connectivity index (χ2v) is 8.45. The lowest BCUT2D eigenvalue weighted by atomic mass is 10.1. The van der Waals surface area contributed by atoms with E-state index in [1.165, 1.54) is 11.0 Å². The average molecular weight is 527 g/mol. The summed E-state index contributed by atoms with van der Waals surface area (Å²) in [4.78, 5) is 43.5. The van der Waals surface area contributed by atoms with Crippen molar-refractivity contribution < 1.29 is 35.9 Å². The molecule has 1 unspecified atom stereocenters. The molecule has 3 heterocycles. The second-order valence-electron chi connectivity index (χ2n) is 8.45. The summed E-state index contributed by atoms with van der Waals surface area (Å²) in [6, 6.07) is 0.217. The highest BCUT2D eigenvalue weighted by molar-refractivity contribution is 5.99. The number of rotatable bonds is 5. The zero-order valence-electron chi connectivity index (χ0n) is 19.1. The lowest BCUT2D eigenvalue weighted by molar-refractivity contribution is -0.153. The van der Waals surface area contributed by atoms with Crippen molar-refractivity contribution in [3.63, 3.8) is 0 Å². The van der Waals surface area contributed by atoms with Gasteiger partial charge in [0.05, 0.1) is 5.39 Å². The first-order chi connectivity index (χ1) is 17.3. The summed E-state index contributed by atoms with van der Waals surface area (Å²) in [5.41, 5.74) is 2.47. The first-order valence-electron chi connectivity index (χ1n) is 11.0. The quantitative estimate of drug-likeness (QED) is 0.496. The molecular formula is C23H19F6N5O3. The van der Waals surface area contributed by atoms with Gasteiger partial charge in [-0.15, -0.1) is 0 Å². The second kappa shape index (κ2) is 9.50. The minimum atomic E-state index is -4.82. The van der Waals surface area contributed by atoms with E-state index in [2.05, 4.69) is 4.98 Å². The molecule has 1 aromatic carbocycles. The molecule has 14 heteroatoms. The molecule has 1 saturated heterocycles. The van der Waals surface area contributed by atoms with Gasteiger partial charge in [0.2, 0.25) is 11.3 Å². The molecular weight excluding hydrogens is 508 g/mol. The van der Waals surface area contributed by atoms with Crippen LogP contribution in [0.1, 0.15) is 30.1 Å². The Morgan fingerprint density at radius 2 is 1.84 bits per heavy atom. The maximum Gasteiger partial charge on any atom is 0.408 e. The Labute approximate surface area is 204 Å².